The van der Waals surface area contributed by atoms with Crippen molar-refractivity contribution in [1.82, 2.24) is 10.4 Å². The number of carbonyl (C=O) groups excluding carboxylic acids is 2. The third kappa shape index (κ3) is 6.13. The monoisotopic (exact) mass is 401 g/mol. The summed E-state index contributed by atoms with van der Waals surface area (Å²) in [5.41, 5.74) is 8.62. The van der Waals surface area contributed by atoms with E-state index in [2.05, 4.69) is 0 Å². The van der Waals surface area contributed by atoms with Gasteiger partial charge in [0.15, 0.2) is 0 Å². The number of hydrogen-bond acceptors (Lipinski definition) is 4. The average Bonchev–Trinajstić information content (AvgIpc) is 2.64. The molecule has 2 amide bonds. The van der Waals surface area contributed by atoms with Crippen molar-refractivity contribution in [2.24, 2.45) is 11.7 Å². The molecule has 4 N–H and O–H groups in total. The zero-order valence-corrected chi connectivity index (χ0v) is 16.1. The van der Waals surface area contributed by atoms with Crippen molar-refractivity contribution in [2.45, 2.75) is 44.6 Å². The second-order valence-electron chi connectivity index (χ2n) is 6.75. The second-order valence-corrected chi connectivity index (χ2v) is 7.57. The Morgan fingerprint density at radius 2 is 1.96 bits per heavy atom. The van der Waals surface area contributed by atoms with Crippen molar-refractivity contribution in [3.8, 4) is 0 Å². The molecule has 0 aromatic heterocycles. The molecule has 0 bridgehead atoms. The normalized spacial score (nSPS) is 16.4. The lowest BCUT2D eigenvalue weighted by Gasteiger charge is -2.33. The highest BCUT2D eigenvalue weighted by Gasteiger charge is 2.26. The maximum atomic E-state index is 12.6. The molecule has 1 saturated heterocycles. The summed E-state index contributed by atoms with van der Waals surface area (Å²) >= 11 is 11.9. The van der Waals surface area contributed by atoms with Crippen molar-refractivity contribution in [1.29, 1.82) is 0 Å². The van der Waals surface area contributed by atoms with Gasteiger partial charge in [-0.15, -0.1) is 0 Å². The lowest BCUT2D eigenvalue weighted by Crippen LogP contribution is -2.48. The molecule has 0 saturated carbocycles. The fourth-order valence-electron chi connectivity index (χ4n) is 3.29. The number of hydroxylamine groups is 1. The first-order valence-electron chi connectivity index (χ1n) is 8.82. The standard InChI is InChI=1S/C18H25Cl2N3O3/c19-14-5-4-13(10-15(14)20)11-16(21)18(25)23-8-6-12(7-9-23)2-1-3-17(24)22-26/h4-5,10,12,16,26H,1-3,6-9,11,21H2,(H,22,24). The lowest BCUT2D eigenvalue weighted by molar-refractivity contribution is -0.134. The molecule has 1 heterocycles. The minimum atomic E-state index is -0.600. The number of benzene rings is 1. The number of nitrogens with zero attached hydrogens (tertiary/aromatic N) is 1. The predicted octanol–water partition coefficient (Wildman–Crippen LogP) is 2.78. The molecule has 2 rings (SSSR count). The van der Waals surface area contributed by atoms with Crippen molar-refractivity contribution in [2.75, 3.05) is 13.1 Å². The molecular weight excluding hydrogens is 377 g/mol. The van der Waals surface area contributed by atoms with Gasteiger partial charge in [-0.1, -0.05) is 29.3 Å². The number of halogens is 2. The zero-order chi connectivity index (χ0) is 19.1. The molecule has 0 aliphatic carbocycles. The molecule has 8 heteroatoms. The van der Waals surface area contributed by atoms with Crippen LogP contribution >= 0.6 is 23.2 Å². The van der Waals surface area contributed by atoms with E-state index < -0.39 is 6.04 Å². The van der Waals surface area contributed by atoms with Crippen molar-refractivity contribution < 1.29 is 14.8 Å². The molecule has 0 radical (unpaired) electrons. The summed E-state index contributed by atoms with van der Waals surface area (Å²) in [6.07, 6.45) is 4.22. The Bertz CT molecular complexity index is 634. The highest BCUT2D eigenvalue weighted by molar-refractivity contribution is 6.42. The first-order chi connectivity index (χ1) is 12.4. The van der Waals surface area contributed by atoms with Gasteiger partial charge in [0.05, 0.1) is 16.1 Å². The van der Waals surface area contributed by atoms with Crippen LogP contribution < -0.4 is 11.2 Å². The number of nitrogens with two attached hydrogens (primary N) is 1. The summed E-state index contributed by atoms with van der Waals surface area (Å²) in [4.78, 5) is 25.4. The molecular formula is C18H25Cl2N3O3. The van der Waals surface area contributed by atoms with E-state index in [0.29, 0.717) is 41.9 Å². The molecule has 6 nitrogen and oxygen atoms in total. The number of carbonyl (C=O) groups is 2. The first kappa shape index (κ1) is 21.0. The number of piperidine rings is 1. The van der Waals surface area contributed by atoms with Gasteiger partial charge in [0.25, 0.3) is 0 Å². The van der Waals surface area contributed by atoms with Crippen molar-refractivity contribution in [3.63, 3.8) is 0 Å². The van der Waals surface area contributed by atoms with E-state index in [4.69, 9.17) is 34.1 Å². The molecule has 144 valence electrons. The van der Waals surface area contributed by atoms with Crippen LogP contribution in [0, 0.1) is 5.92 Å². The number of likely N-dealkylation sites (tertiary alicyclic amines) is 1. The van der Waals surface area contributed by atoms with E-state index in [9.17, 15) is 9.59 Å². The maximum absolute atomic E-state index is 12.6. The molecule has 1 fully saturated rings. The maximum Gasteiger partial charge on any atom is 0.243 e. The fourth-order valence-corrected chi connectivity index (χ4v) is 3.61. The van der Waals surface area contributed by atoms with Crippen LogP contribution in [0.4, 0.5) is 0 Å². The molecule has 1 aromatic rings. The van der Waals surface area contributed by atoms with Crippen LogP contribution in [0.3, 0.4) is 0 Å². The van der Waals surface area contributed by atoms with Gasteiger partial charge in [0.1, 0.15) is 0 Å². The SMILES string of the molecule is NC(Cc1ccc(Cl)c(Cl)c1)C(=O)N1CCC(CCCC(=O)NO)CC1. The molecule has 0 spiro atoms. The van der Waals surface area contributed by atoms with Gasteiger partial charge in [-0.05, 0) is 55.7 Å². The Labute approximate surface area is 163 Å². The lowest BCUT2D eigenvalue weighted by atomic mass is 9.91. The number of nitrogens with one attached hydrogen (secondary N) is 1. The van der Waals surface area contributed by atoms with E-state index in [1.165, 1.54) is 0 Å². The Morgan fingerprint density at radius 3 is 2.58 bits per heavy atom. The summed E-state index contributed by atoms with van der Waals surface area (Å²) in [5, 5.41) is 9.42. The van der Waals surface area contributed by atoms with Crippen molar-refractivity contribution in [3.05, 3.63) is 33.8 Å². The van der Waals surface area contributed by atoms with E-state index in [1.54, 1.807) is 17.6 Å². The van der Waals surface area contributed by atoms with Crippen LogP contribution in [0.5, 0.6) is 0 Å². The topological polar surface area (TPSA) is 95.7 Å². The van der Waals surface area contributed by atoms with Crippen LogP contribution in [-0.2, 0) is 16.0 Å². The Balaban J connectivity index is 1.76. The summed E-state index contributed by atoms with van der Waals surface area (Å²) in [6.45, 7) is 1.37. The summed E-state index contributed by atoms with van der Waals surface area (Å²) in [6, 6.07) is 4.68. The molecule has 1 aromatic carbocycles. The van der Waals surface area contributed by atoms with Gasteiger partial charge in [-0.25, -0.2) is 5.48 Å². The quantitative estimate of drug-likeness (QED) is 0.483. The van der Waals surface area contributed by atoms with E-state index in [-0.39, 0.29) is 11.8 Å². The van der Waals surface area contributed by atoms with Gasteiger partial charge >= 0.3 is 0 Å². The molecule has 1 atom stereocenters. The largest absolute Gasteiger partial charge is 0.341 e. The van der Waals surface area contributed by atoms with Crippen LogP contribution in [0.25, 0.3) is 0 Å². The van der Waals surface area contributed by atoms with Gasteiger partial charge in [-0.2, -0.15) is 0 Å². The number of amides is 2. The van der Waals surface area contributed by atoms with E-state index in [1.807, 2.05) is 11.0 Å². The summed E-state index contributed by atoms with van der Waals surface area (Å²) < 4.78 is 0. The summed E-state index contributed by atoms with van der Waals surface area (Å²) in [7, 11) is 0. The van der Waals surface area contributed by atoms with Crippen LogP contribution in [0.1, 0.15) is 37.7 Å². The molecule has 26 heavy (non-hydrogen) atoms. The van der Waals surface area contributed by atoms with E-state index in [0.717, 1.165) is 31.2 Å². The smallest absolute Gasteiger partial charge is 0.243 e. The summed E-state index contributed by atoms with van der Waals surface area (Å²) in [5.74, 6) is 0.0944. The predicted molar refractivity (Wildman–Crippen MR) is 101 cm³/mol. The van der Waals surface area contributed by atoms with Gasteiger partial charge in [0, 0.05) is 19.5 Å². The molecule has 1 aliphatic rings. The number of hydrogen-bond donors (Lipinski definition) is 3. The Hall–Kier alpha value is -1.34. The molecule has 1 unspecified atom stereocenters. The highest BCUT2D eigenvalue weighted by Crippen LogP contribution is 2.25. The van der Waals surface area contributed by atoms with E-state index >= 15 is 0 Å². The van der Waals surface area contributed by atoms with Gasteiger partial charge in [0.2, 0.25) is 11.8 Å². The molecule has 1 aliphatic heterocycles. The van der Waals surface area contributed by atoms with Crippen LogP contribution in [0.2, 0.25) is 10.0 Å². The Kier molecular flexibility index (Phi) is 8.15. The van der Waals surface area contributed by atoms with Gasteiger partial charge < -0.3 is 10.6 Å². The fraction of sp³-hybridized carbons (Fsp3) is 0.556. The minimum absolute atomic E-state index is 0.0471. The van der Waals surface area contributed by atoms with Crippen LogP contribution in [-0.4, -0.2) is 41.1 Å². The first-order valence-corrected chi connectivity index (χ1v) is 9.57. The minimum Gasteiger partial charge on any atom is -0.341 e. The van der Waals surface area contributed by atoms with Crippen molar-refractivity contribution >= 4 is 35.0 Å². The third-order valence-corrected chi connectivity index (χ3v) is 5.56. The zero-order valence-electron chi connectivity index (χ0n) is 14.6. The number of rotatable bonds is 7. The third-order valence-electron chi connectivity index (χ3n) is 4.82. The second kappa shape index (κ2) is 10.1. The van der Waals surface area contributed by atoms with Crippen LogP contribution in [0.15, 0.2) is 18.2 Å². The Morgan fingerprint density at radius 1 is 1.27 bits per heavy atom. The highest BCUT2D eigenvalue weighted by atomic mass is 35.5. The van der Waals surface area contributed by atoms with Gasteiger partial charge in [-0.3, -0.25) is 14.8 Å². The average molecular weight is 402 g/mol.